The number of ether oxygens (including phenoxy) is 2. The molecule has 1 amide bonds. The van der Waals surface area contributed by atoms with Gasteiger partial charge in [0.15, 0.2) is 5.13 Å². The second-order valence-electron chi connectivity index (χ2n) is 8.31. The van der Waals surface area contributed by atoms with Crippen molar-refractivity contribution in [3.63, 3.8) is 0 Å². The Morgan fingerprint density at radius 2 is 1.92 bits per heavy atom. The summed E-state index contributed by atoms with van der Waals surface area (Å²) in [6.45, 7) is 6.10. The summed E-state index contributed by atoms with van der Waals surface area (Å²) < 4.78 is 10.9. The number of unbranched alkanes of at least 4 members (excludes halogenated alkanes) is 1. The highest BCUT2D eigenvalue weighted by atomic mass is 32.1. The first kappa shape index (κ1) is 26.0. The molecule has 1 fully saturated rings. The van der Waals surface area contributed by atoms with E-state index >= 15 is 0 Å². The van der Waals surface area contributed by atoms with Crippen LogP contribution in [0.25, 0.3) is 5.76 Å². The van der Waals surface area contributed by atoms with Crippen LogP contribution in [0.2, 0.25) is 0 Å². The van der Waals surface area contributed by atoms with Crippen LogP contribution in [0.15, 0.2) is 54.4 Å². The summed E-state index contributed by atoms with van der Waals surface area (Å²) in [4.78, 5) is 49.0. The maximum atomic E-state index is 13.3. The van der Waals surface area contributed by atoms with Gasteiger partial charge < -0.3 is 14.6 Å². The van der Waals surface area contributed by atoms with Crippen molar-refractivity contribution >= 4 is 39.9 Å². The van der Waals surface area contributed by atoms with Gasteiger partial charge in [0.05, 0.1) is 30.5 Å². The molecule has 10 heteroatoms. The Morgan fingerprint density at radius 3 is 2.62 bits per heavy atom. The van der Waals surface area contributed by atoms with Gasteiger partial charge in [0.2, 0.25) is 0 Å². The molecule has 0 aliphatic carbocycles. The van der Waals surface area contributed by atoms with Crippen molar-refractivity contribution < 1.29 is 29.0 Å². The number of Topliss-reactive ketones (excluding diaryl/α,β-unsaturated/α-hetero) is 1. The summed E-state index contributed by atoms with van der Waals surface area (Å²) in [5.41, 5.74) is 1.18. The number of pyridine rings is 1. The third-order valence-electron chi connectivity index (χ3n) is 5.79. The van der Waals surface area contributed by atoms with Gasteiger partial charge in [-0.1, -0.05) is 36.8 Å². The van der Waals surface area contributed by atoms with E-state index in [4.69, 9.17) is 9.47 Å². The normalized spacial score (nSPS) is 16.7. The van der Waals surface area contributed by atoms with Crippen LogP contribution in [0.4, 0.5) is 5.13 Å². The van der Waals surface area contributed by atoms with E-state index in [2.05, 4.69) is 16.9 Å². The molecule has 9 nitrogen and oxygen atoms in total. The minimum atomic E-state index is -0.978. The number of amides is 1. The molecule has 0 bridgehead atoms. The van der Waals surface area contributed by atoms with Crippen LogP contribution in [0, 0.1) is 6.92 Å². The van der Waals surface area contributed by atoms with Crippen molar-refractivity contribution in [2.75, 3.05) is 18.1 Å². The van der Waals surface area contributed by atoms with Crippen molar-refractivity contribution in [2.24, 2.45) is 0 Å². The molecule has 1 unspecified atom stereocenters. The summed E-state index contributed by atoms with van der Waals surface area (Å²) in [6.07, 6.45) is 4.93. The first-order chi connectivity index (χ1) is 17.9. The minimum absolute atomic E-state index is 0.0903. The molecule has 0 spiro atoms. The SMILES string of the molecule is CCCCOc1cccc(/C(O)=C2\C(=O)C(=O)N(c3nc(C)c(C(=O)OCC)s3)C2c2ccncc2)c1. The molecule has 2 aromatic heterocycles. The third kappa shape index (κ3) is 5.24. The molecule has 0 radical (unpaired) electrons. The first-order valence-corrected chi connectivity index (χ1v) is 12.8. The average Bonchev–Trinajstić information content (AvgIpc) is 3.41. The fourth-order valence-corrected chi connectivity index (χ4v) is 4.97. The van der Waals surface area contributed by atoms with Crippen molar-refractivity contribution in [3.05, 3.63) is 76.1 Å². The number of nitrogens with zero attached hydrogens (tertiary/aromatic N) is 3. The third-order valence-corrected chi connectivity index (χ3v) is 6.93. The van der Waals surface area contributed by atoms with Crippen molar-refractivity contribution in [1.29, 1.82) is 0 Å². The number of carbonyl (C=O) groups is 3. The molecular weight excluding hydrogens is 494 g/mol. The van der Waals surface area contributed by atoms with Crippen LogP contribution in [-0.2, 0) is 14.3 Å². The highest BCUT2D eigenvalue weighted by molar-refractivity contribution is 7.17. The molecule has 1 atom stereocenters. The largest absolute Gasteiger partial charge is 0.507 e. The fraction of sp³-hybridized carbons (Fsp3) is 0.296. The van der Waals surface area contributed by atoms with Gasteiger partial charge in [-0.05, 0) is 50.1 Å². The summed E-state index contributed by atoms with van der Waals surface area (Å²) in [5, 5.41) is 11.5. The molecule has 1 aliphatic heterocycles. The average molecular weight is 522 g/mol. The first-order valence-electron chi connectivity index (χ1n) is 12.0. The van der Waals surface area contributed by atoms with Crippen LogP contribution >= 0.6 is 11.3 Å². The topological polar surface area (TPSA) is 119 Å². The second-order valence-corrected chi connectivity index (χ2v) is 9.29. The summed E-state index contributed by atoms with van der Waals surface area (Å²) in [6, 6.07) is 9.10. The molecule has 1 N–H and O–H groups in total. The van der Waals surface area contributed by atoms with E-state index in [1.54, 1.807) is 50.2 Å². The minimum Gasteiger partial charge on any atom is -0.507 e. The van der Waals surface area contributed by atoms with Gasteiger partial charge in [0.1, 0.15) is 16.4 Å². The lowest BCUT2D eigenvalue weighted by molar-refractivity contribution is -0.132. The number of carbonyl (C=O) groups excluding carboxylic acids is 3. The number of hydrogen-bond donors (Lipinski definition) is 1. The zero-order valence-corrected chi connectivity index (χ0v) is 21.6. The molecule has 3 heterocycles. The number of anilines is 1. The number of esters is 1. The Labute approximate surface area is 218 Å². The van der Waals surface area contributed by atoms with Crippen LogP contribution < -0.4 is 9.64 Å². The van der Waals surface area contributed by atoms with Crippen molar-refractivity contribution in [3.8, 4) is 5.75 Å². The zero-order valence-electron chi connectivity index (χ0n) is 20.8. The van der Waals surface area contributed by atoms with E-state index in [0.717, 1.165) is 24.2 Å². The molecule has 0 saturated carbocycles. The number of thiazole rings is 1. The predicted molar refractivity (Wildman–Crippen MR) is 139 cm³/mol. The van der Waals surface area contributed by atoms with Crippen LogP contribution in [-0.4, -0.2) is 45.9 Å². The van der Waals surface area contributed by atoms with E-state index in [-0.39, 0.29) is 27.9 Å². The van der Waals surface area contributed by atoms with Crippen LogP contribution in [0.3, 0.4) is 0 Å². The lowest BCUT2D eigenvalue weighted by atomic mass is 9.96. The van der Waals surface area contributed by atoms with Gasteiger partial charge in [-0.15, -0.1) is 0 Å². The van der Waals surface area contributed by atoms with Gasteiger partial charge in [0.25, 0.3) is 5.78 Å². The molecule has 3 aromatic rings. The Balaban J connectivity index is 1.82. The number of aryl methyl sites for hydroxylation is 1. The number of rotatable bonds is 9. The molecule has 37 heavy (non-hydrogen) atoms. The fourth-order valence-electron chi connectivity index (χ4n) is 3.99. The van der Waals surface area contributed by atoms with Gasteiger partial charge >= 0.3 is 11.9 Å². The summed E-state index contributed by atoms with van der Waals surface area (Å²) >= 11 is 0.960. The number of hydrogen-bond acceptors (Lipinski definition) is 9. The van der Waals surface area contributed by atoms with E-state index in [1.165, 1.54) is 17.3 Å². The lowest BCUT2D eigenvalue weighted by Gasteiger charge is -2.22. The maximum Gasteiger partial charge on any atom is 0.350 e. The van der Waals surface area contributed by atoms with Gasteiger partial charge in [-0.25, -0.2) is 9.78 Å². The molecule has 1 aliphatic rings. The van der Waals surface area contributed by atoms with E-state index in [0.29, 0.717) is 29.2 Å². The van der Waals surface area contributed by atoms with Crippen molar-refractivity contribution in [1.82, 2.24) is 9.97 Å². The monoisotopic (exact) mass is 521 g/mol. The number of ketones is 1. The number of aromatic nitrogens is 2. The summed E-state index contributed by atoms with van der Waals surface area (Å²) in [5.74, 6) is -2.06. The second kappa shape index (κ2) is 11.3. The zero-order chi connectivity index (χ0) is 26.5. The quantitative estimate of drug-likeness (QED) is 0.140. The molecular formula is C27H27N3O6S. The van der Waals surface area contributed by atoms with E-state index in [9.17, 15) is 19.5 Å². The Kier molecular flexibility index (Phi) is 7.98. The van der Waals surface area contributed by atoms with Gasteiger partial charge in [-0.2, -0.15) is 0 Å². The molecule has 4 rings (SSSR count). The standard InChI is InChI=1S/C27H27N3O6S/c1-4-6-14-36-19-9-7-8-18(15-19)22(31)20-21(17-10-12-28-13-11-17)30(25(33)23(20)32)27-29-16(3)24(37-27)26(34)35-5-2/h7-13,15,21,31H,4-6,14H2,1-3H3/b22-20+. The highest BCUT2D eigenvalue weighted by Gasteiger charge is 2.48. The smallest absolute Gasteiger partial charge is 0.350 e. The number of aliphatic hydroxyl groups excluding tert-OH is 1. The van der Waals surface area contributed by atoms with Gasteiger partial charge in [-0.3, -0.25) is 19.5 Å². The number of aliphatic hydroxyl groups is 1. The molecule has 1 saturated heterocycles. The molecule has 192 valence electrons. The highest BCUT2D eigenvalue weighted by Crippen LogP contribution is 2.44. The van der Waals surface area contributed by atoms with Crippen molar-refractivity contribution in [2.45, 2.75) is 39.7 Å². The predicted octanol–water partition coefficient (Wildman–Crippen LogP) is 4.83. The van der Waals surface area contributed by atoms with Crippen LogP contribution in [0.1, 0.15) is 59.2 Å². The van der Waals surface area contributed by atoms with Gasteiger partial charge in [0, 0.05) is 18.0 Å². The molecule has 1 aromatic carbocycles. The Morgan fingerprint density at radius 1 is 1.16 bits per heavy atom. The van der Waals surface area contributed by atoms with E-state index in [1.807, 2.05) is 0 Å². The lowest BCUT2D eigenvalue weighted by Crippen LogP contribution is -2.29. The number of benzene rings is 1. The summed E-state index contributed by atoms with van der Waals surface area (Å²) in [7, 11) is 0. The Bertz CT molecular complexity index is 1350. The Hall–Kier alpha value is -4.05. The van der Waals surface area contributed by atoms with E-state index < -0.39 is 23.7 Å². The van der Waals surface area contributed by atoms with Crippen LogP contribution in [0.5, 0.6) is 5.75 Å². The maximum absolute atomic E-state index is 13.3.